The molecule has 0 radical (unpaired) electrons. The molecule has 0 saturated carbocycles. The Morgan fingerprint density at radius 3 is 2.52 bits per heavy atom. The molecule has 0 aliphatic rings. The number of carbonyl (C=O) groups is 1. The standard InChI is InChI=1S/C19H23BrN2O3/c1-22(2)18(14-5-4-6-17(11-14)24-3)12-21-19(23)13-25-16-9-7-15(20)8-10-16/h4-11,18H,12-13H2,1-3H3,(H,21,23)/t18-/m1/s1. The van der Waals surface area contributed by atoms with Gasteiger partial charge in [-0.15, -0.1) is 0 Å². The lowest BCUT2D eigenvalue weighted by atomic mass is 10.1. The van der Waals surface area contributed by atoms with Crippen molar-refractivity contribution in [1.29, 1.82) is 0 Å². The summed E-state index contributed by atoms with van der Waals surface area (Å²) in [6, 6.07) is 15.3. The number of nitrogens with one attached hydrogen (secondary N) is 1. The van der Waals surface area contributed by atoms with Gasteiger partial charge in [0.2, 0.25) is 0 Å². The SMILES string of the molecule is COc1cccc([C@@H](CNC(=O)COc2ccc(Br)cc2)N(C)C)c1. The van der Waals surface area contributed by atoms with Gasteiger partial charge < -0.3 is 19.7 Å². The lowest BCUT2D eigenvalue weighted by molar-refractivity contribution is -0.123. The van der Waals surface area contributed by atoms with E-state index in [0.717, 1.165) is 15.8 Å². The second kappa shape index (κ2) is 9.44. The molecule has 1 amide bonds. The molecular weight excluding hydrogens is 384 g/mol. The van der Waals surface area contributed by atoms with Crippen molar-refractivity contribution in [2.24, 2.45) is 0 Å². The number of hydrogen-bond donors (Lipinski definition) is 1. The smallest absolute Gasteiger partial charge is 0.258 e. The highest BCUT2D eigenvalue weighted by molar-refractivity contribution is 9.10. The van der Waals surface area contributed by atoms with Crippen LogP contribution in [-0.2, 0) is 4.79 Å². The van der Waals surface area contributed by atoms with Crippen LogP contribution in [0.5, 0.6) is 11.5 Å². The van der Waals surface area contributed by atoms with E-state index in [-0.39, 0.29) is 18.6 Å². The van der Waals surface area contributed by atoms with Gasteiger partial charge in [-0.3, -0.25) is 4.79 Å². The van der Waals surface area contributed by atoms with Crippen LogP contribution in [0.4, 0.5) is 0 Å². The first kappa shape index (κ1) is 19.3. The van der Waals surface area contributed by atoms with Gasteiger partial charge in [-0.1, -0.05) is 28.1 Å². The van der Waals surface area contributed by atoms with E-state index in [1.807, 2.05) is 62.6 Å². The van der Waals surface area contributed by atoms with Crippen LogP contribution in [0.3, 0.4) is 0 Å². The second-order valence-corrected chi connectivity index (χ2v) is 6.72. The minimum atomic E-state index is -0.155. The summed E-state index contributed by atoms with van der Waals surface area (Å²) >= 11 is 3.36. The predicted molar refractivity (Wildman–Crippen MR) is 102 cm³/mol. The summed E-state index contributed by atoms with van der Waals surface area (Å²) in [4.78, 5) is 14.1. The number of hydrogen-bond acceptors (Lipinski definition) is 4. The van der Waals surface area contributed by atoms with Crippen molar-refractivity contribution < 1.29 is 14.3 Å². The molecule has 6 heteroatoms. The molecular formula is C19H23BrN2O3. The van der Waals surface area contributed by atoms with Crippen LogP contribution in [0.15, 0.2) is 53.0 Å². The first-order valence-electron chi connectivity index (χ1n) is 7.95. The van der Waals surface area contributed by atoms with Crippen LogP contribution in [0.2, 0.25) is 0 Å². The predicted octanol–water partition coefficient (Wildman–Crippen LogP) is 3.26. The highest BCUT2D eigenvalue weighted by Crippen LogP contribution is 2.22. The summed E-state index contributed by atoms with van der Waals surface area (Å²) in [5.74, 6) is 1.31. The molecule has 0 fully saturated rings. The van der Waals surface area contributed by atoms with E-state index >= 15 is 0 Å². The minimum absolute atomic E-state index is 0.0140. The van der Waals surface area contributed by atoms with Gasteiger partial charge in [0.15, 0.2) is 6.61 Å². The lowest BCUT2D eigenvalue weighted by Crippen LogP contribution is -2.36. The fourth-order valence-corrected chi connectivity index (χ4v) is 2.65. The highest BCUT2D eigenvalue weighted by atomic mass is 79.9. The van der Waals surface area contributed by atoms with Crippen molar-refractivity contribution in [3.8, 4) is 11.5 Å². The largest absolute Gasteiger partial charge is 0.497 e. The molecule has 0 saturated heterocycles. The quantitative estimate of drug-likeness (QED) is 0.730. The summed E-state index contributed by atoms with van der Waals surface area (Å²) in [7, 11) is 5.61. The molecule has 0 aliphatic carbocycles. The Labute approximate surface area is 157 Å². The number of likely N-dealkylation sites (N-methyl/N-ethyl adjacent to an activating group) is 1. The number of carbonyl (C=O) groups excluding carboxylic acids is 1. The number of benzene rings is 2. The molecule has 1 N–H and O–H groups in total. The first-order chi connectivity index (χ1) is 12.0. The monoisotopic (exact) mass is 406 g/mol. The molecule has 0 spiro atoms. The summed E-state index contributed by atoms with van der Waals surface area (Å²) in [5, 5.41) is 2.93. The Balaban J connectivity index is 1.89. The molecule has 5 nitrogen and oxygen atoms in total. The zero-order valence-electron chi connectivity index (χ0n) is 14.7. The van der Waals surface area contributed by atoms with Gasteiger partial charge in [-0.2, -0.15) is 0 Å². The van der Waals surface area contributed by atoms with Gasteiger partial charge >= 0.3 is 0 Å². The molecule has 0 aliphatic heterocycles. The van der Waals surface area contributed by atoms with E-state index in [4.69, 9.17) is 9.47 Å². The normalized spacial score (nSPS) is 11.9. The van der Waals surface area contributed by atoms with E-state index in [0.29, 0.717) is 12.3 Å². The van der Waals surface area contributed by atoms with Crippen molar-refractivity contribution in [1.82, 2.24) is 10.2 Å². The highest BCUT2D eigenvalue weighted by Gasteiger charge is 2.16. The van der Waals surface area contributed by atoms with Crippen LogP contribution in [0, 0.1) is 0 Å². The maximum Gasteiger partial charge on any atom is 0.258 e. The minimum Gasteiger partial charge on any atom is -0.497 e. The summed E-state index contributed by atoms with van der Waals surface area (Å²) in [5.41, 5.74) is 1.08. The van der Waals surface area contributed by atoms with Gasteiger partial charge in [0.25, 0.3) is 5.91 Å². The Kier molecular flexibility index (Phi) is 7.28. The fourth-order valence-electron chi connectivity index (χ4n) is 2.39. The zero-order valence-corrected chi connectivity index (χ0v) is 16.2. The Morgan fingerprint density at radius 1 is 1.16 bits per heavy atom. The van der Waals surface area contributed by atoms with Crippen LogP contribution in [0.1, 0.15) is 11.6 Å². The number of halogens is 1. The van der Waals surface area contributed by atoms with Crippen LogP contribution in [0.25, 0.3) is 0 Å². The topological polar surface area (TPSA) is 50.8 Å². The number of amides is 1. The maximum atomic E-state index is 12.1. The molecule has 134 valence electrons. The van der Waals surface area contributed by atoms with Gasteiger partial charge in [-0.25, -0.2) is 0 Å². The van der Waals surface area contributed by atoms with Crippen LogP contribution in [-0.4, -0.2) is 45.2 Å². The number of nitrogens with zero attached hydrogens (tertiary/aromatic N) is 1. The summed E-state index contributed by atoms with van der Waals surface area (Å²) in [6.07, 6.45) is 0. The van der Waals surface area contributed by atoms with Crippen molar-refractivity contribution in [2.75, 3.05) is 34.4 Å². The molecule has 1 atom stereocenters. The molecule has 0 bridgehead atoms. The Morgan fingerprint density at radius 2 is 1.88 bits per heavy atom. The van der Waals surface area contributed by atoms with Crippen molar-refractivity contribution in [3.63, 3.8) is 0 Å². The van der Waals surface area contributed by atoms with Gasteiger partial charge in [0, 0.05) is 11.0 Å². The third-order valence-electron chi connectivity index (χ3n) is 3.78. The van der Waals surface area contributed by atoms with E-state index in [1.165, 1.54) is 0 Å². The molecule has 0 aromatic heterocycles. The van der Waals surface area contributed by atoms with Crippen LogP contribution < -0.4 is 14.8 Å². The molecule has 0 unspecified atom stereocenters. The van der Waals surface area contributed by atoms with Crippen molar-refractivity contribution in [2.45, 2.75) is 6.04 Å². The van der Waals surface area contributed by atoms with Crippen molar-refractivity contribution >= 4 is 21.8 Å². The molecule has 0 heterocycles. The number of ether oxygens (including phenoxy) is 2. The fraction of sp³-hybridized carbons (Fsp3) is 0.316. The number of rotatable bonds is 8. The van der Waals surface area contributed by atoms with Gasteiger partial charge in [-0.05, 0) is 56.1 Å². The van der Waals surface area contributed by atoms with E-state index < -0.39 is 0 Å². The molecule has 25 heavy (non-hydrogen) atoms. The average molecular weight is 407 g/mol. The third-order valence-corrected chi connectivity index (χ3v) is 4.31. The Bertz CT molecular complexity index is 689. The first-order valence-corrected chi connectivity index (χ1v) is 8.74. The van der Waals surface area contributed by atoms with Crippen LogP contribution >= 0.6 is 15.9 Å². The zero-order chi connectivity index (χ0) is 18.2. The Hall–Kier alpha value is -2.05. The average Bonchev–Trinajstić information content (AvgIpc) is 2.61. The van der Waals surface area contributed by atoms with E-state index in [1.54, 1.807) is 7.11 Å². The summed E-state index contributed by atoms with van der Waals surface area (Å²) < 4.78 is 11.7. The molecule has 2 rings (SSSR count). The number of methoxy groups -OCH3 is 1. The summed E-state index contributed by atoms with van der Waals surface area (Å²) in [6.45, 7) is 0.475. The maximum absolute atomic E-state index is 12.1. The third kappa shape index (κ3) is 6.07. The molecule has 2 aromatic rings. The van der Waals surface area contributed by atoms with E-state index in [9.17, 15) is 4.79 Å². The lowest BCUT2D eigenvalue weighted by Gasteiger charge is -2.25. The van der Waals surface area contributed by atoms with Crippen molar-refractivity contribution in [3.05, 3.63) is 58.6 Å². The molecule has 2 aromatic carbocycles. The van der Waals surface area contributed by atoms with E-state index in [2.05, 4.69) is 26.1 Å². The second-order valence-electron chi connectivity index (χ2n) is 5.80. The van der Waals surface area contributed by atoms with Gasteiger partial charge in [0.1, 0.15) is 11.5 Å². The van der Waals surface area contributed by atoms with Gasteiger partial charge in [0.05, 0.1) is 13.2 Å².